The van der Waals surface area contributed by atoms with Crippen molar-refractivity contribution in [3.8, 4) is 0 Å². The smallest absolute Gasteiger partial charge is 0.00504 e. The van der Waals surface area contributed by atoms with Gasteiger partial charge in [0.25, 0.3) is 0 Å². The number of rotatable bonds is 5. The van der Waals surface area contributed by atoms with E-state index in [1.807, 2.05) is 0 Å². The first-order valence-corrected chi connectivity index (χ1v) is 8.87. The summed E-state index contributed by atoms with van der Waals surface area (Å²) in [6.45, 7) is 8.52. The Morgan fingerprint density at radius 2 is 1.90 bits per heavy atom. The van der Waals surface area contributed by atoms with Gasteiger partial charge in [-0.05, 0) is 74.7 Å². The molecule has 2 heteroatoms. The molecule has 0 spiro atoms. The average molecular weight is 286 g/mol. The summed E-state index contributed by atoms with van der Waals surface area (Å²) >= 11 is 0. The number of hydrogen-bond donors (Lipinski definition) is 1. The van der Waals surface area contributed by atoms with Crippen molar-refractivity contribution in [3.63, 3.8) is 0 Å². The Balaban J connectivity index is 1.61. The van der Waals surface area contributed by atoms with Gasteiger partial charge in [0, 0.05) is 13.1 Å². The highest BCUT2D eigenvalue weighted by atomic mass is 15.1. The van der Waals surface area contributed by atoms with Crippen LogP contribution in [0, 0.1) is 5.92 Å². The van der Waals surface area contributed by atoms with E-state index in [2.05, 4.69) is 41.4 Å². The Bertz CT molecular complexity index is 437. The quantitative estimate of drug-likeness (QED) is 0.892. The summed E-state index contributed by atoms with van der Waals surface area (Å²) in [5.41, 5.74) is 3.24. The third kappa shape index (κ3) is 3.87. The molecule has 1 N–H and O–H groups in total. The normalized spacial score (nSPS) is 23.2. The molecule has 3 rings (SSSR count). The summed E-state index contributed by atoms with van der Waals surface area (Å²) in [7, 11) is 0. The van der Waals surface area contributed by atoms with Crippen LogP contribution in [0.2, 0.25) is 0 Å². The van der Waals surface area contributed by atoms with Crippen molar-refractivity contribution in [1.29, 1.82) is 0 Å². The average Bonchev–Trinajstić information content (AvgIpc) is 2.55. The van der Waals surface area contributed by atoms with Gasteiger partial charge in [0.05, 0.1) is 0 Å². The summed E-state index contributed by atoms with van der Waals surface area (Å²) in [5, 5.41) is 3.48. The fraction of sp³-hybridized carbons (Fsp3) is 0.684. The molecule has 1 atom stereocenters. The third-order valence-electron chi connectivity index (χ3n) is 5.39. The maximum absolute atomic E-state index is 3.48. The van der Waals surface area contributed by atoms with Crippen LogP contribution in [0.5, 0.6) is 0 Å². The van der Waals surface area contributed by atoms with E-state index in [9.17, 15) is 0 Å². The van der Waals surface area contributed by atoms with Gasteiger partial charge < -0.3 is 10.2 Å². The van der Waals surface area contributed by atoms with E-state index in [4.69, 9.17) is 0 Å². The van der Waals surface area contributed by atoms with Crippen molar-refractivity contribution in [1.82, 2.24) is 10.2 Å². The zero-order valence-electron chi connectivity index (χ0n) is 13.5. The summed E-state index contributed by atoms with van der Waals surface area (Å²) in [5.74, 6) is 1.67. The van der Waals surface area contributed by atoms with Gasteiger partial charge in [0.2, 0.25) is 0 Å². The third-order valence-corrected chi connectivity index (χ3v) is 5.39. The predicted octanol–water partition coefficient (Wildman–Crippen LogP) is 3.43. The van der Waals surface area contributed by atoms with Crippen LogP contribution in [-0.4, -0.2) is 37.6 Å². The maximum Gasteiger partial charge on any atom is 0.00504 e. The molecule has 1 saturated heterocycles. The fourth-order valence-electron chi connectivity index (χ4n) is 4.12. The number of nitrogens with zero attached hydrogens (tertiary/aromatic N) is 1. The van der Waals surface area contributed by atoms with Gasteiger partial charge in [-0.25, -0.2) is 0 Å². The molecular weight excluding hydrogens is 256 g/mol. The summed E-state index contributed by atoms with van der Waals surface area (Å²) in [6.07, 6.45) is 6.74. The Kier molecular flexibility index (Phi) is 5.32. The minimum absolute atomic E-state index is 0.761. The second-order valence-electron chi connectivity index (χ2n) is 6.83. The van der Waals surface area contributed by atoms with E-state index >= 15 is 0 Å². The first kappa shape index (κ1) is 15.1. The Morgan fingerprint density at radius 1 is 1.10 bits per heavy atom. The van der Waals surface area contributed by atoms with Crippen LogP contribution in [0.3, 0.4) is 0 Å². The van der Waals surface area contributed by atoms with Gasteiger partial charge in [0.15, 0.2) is 0 Å². The summed E-state index contributed by atoms with van der Waals surface area (Å²) < 4.78 is 0. The highest BCUT2D eigenvalue weighted by molar-refractivity contribution is 5.32. The number of fused-ring (bicyclic) bond motifs is 1. The Labute approximate surface area is 129 Å². The number of piperidine rings is 1. The highest BCUT2D eigenvalue weighted by Gasteiger charge is 2.23. The Morgan fingerprint density at radius 3 is 2.71 bits per heavy atom. The molecule has 0 amide bonds. The maximum atomic E-state index is 3.48. The lowest BCUT2D eigenvalue weighted by Crippen LogP contribution is -2.38. The van der Waals surface area contributed by atoms with Crippen molar-refractivity contribution in [2.75, 3.05) is 32.7 Å². The van der Waals surface area contributed by atoms with Crippen LogP contribution in [-0.2, 0) is 6.42 Å². The van der Waals surface area contributed by atoms with Crippen molar-refractivity contribution < 1.29 is 0 Å². The number of aryl methyl sites for hydroxylation is 1. The first-order valence-electron chi connectivity index (χ1n) is 8.87. The van der Waals surface area contributed by atoms with Crippen LogP contribution in [0.4, 0.5) is 0 Å². The molecule has 21 heavy (non-hydrogen) atoms. The second-order valence-corrected chi connectivity index (χ2v) is 6.83. The Hall–Kier alpha value is -0.860. The van der Waals surface area contributed by atoms with Gasteiger partial charge in [0.1, 0.15) is 0 Å². The first-order chi connectivity index (χ1) is 10.4. The molecule has 2 aliphatic rings. The standard InChI is InChI=1S/C19H30N2/c1-2-21(14-16-10-12-20-13-11-16)15-18-8-5-7-17-6-3-4-9-19(17)18/h3-4,6,9,16,18,20H,2,5,7-8,10-15H2,1H3. The SMILES string of the molecule is CCN(CC1CCNCC1)CC1CCCc2ccccc21. The van der Waals surface area contributed by atoms with E-state index in [0.717, 1.165) is 11.8 Å². The number of likely N-dealkylation sites (N-methyl/N-ethyl adjacent to an activating group) is 1. The summed E-state index contributed by atoms with van der Waals surface area (Å²) in [6, 6.07) is 9.14. The molecule has 0 aromatic heterocycles. The van der Waals surface area contributed by atoms with Gasteiger partial charge in [-0.2, -0.15) is 0 Å². The summed E-state index contributed by atoms with van der Waals surface area (Å²) in [4.78, 5) is 2.71. The van der Waals surface area contributed by atoms with Crippen LogP contribution < -0.4 is 5.32 Å². The molecule has 2 nitrogen and oxygen atoms in total. The van der Waals surface area contributed by atoms with Gasteiger partial charge in [-0.1, -0.05) is 31.2 Å². The minimum atomic E-state index is 0.761. The van der Waals surface area contributed by atoms with Crippen molar-refractivity contribution in [3.05, 3.63) is 35.4 Å². The van der Waals surface area contributed by atoms with Gasteiger partial charge in [-0.3, -0.25) is 0 Å². The molecule has 116 valence electrons. The molecule has 0 saturated carbocycles. The number of benzene rings is 1. The van der Waals surface area contributed by atoms with E-state index < -0.39 is 0 Å². The van der Waals surface area contributed by atoms with Crippen molar-refractivity contribution >= 4 is 0 Å². The van der Waals surface area contributed by atoms with Crippen LogP contribution >= 0.6 is 0 Å². The topological polar surface area (TPSA) is 15.3 Å². The van der Waals surface area contributed by atoms with E-state index in [-0.39, 0.29) is 0 Å². The van der Waals surface area contributed by atoms with Crippen LogP contribution in [0.25, 0.3) is 0 Å². The second kappa shape index (κ2) is 7.42. The lowest BCUT2D eigenvalue weighted by Gasteiger charge is -2.34. The van der Waals surface area contributed by atoms with E-state index in [1.165, 1.54) is 64.8 Å². The highest BCUT2D eigenvalue weighted by Crippen LogP contribution is 2.32. The molecule has 0 bridgehead atoms. The zero-order valence-corrected chi connectivity index (χ0v) is 13.5. The monoisotopic (exact) mass is 286 g/mol. The van der Waals surface area contributed by atoms with Crippen molar-refractivity contribution in [2.45, 2.75) is 44.9 Å². The molecule has 1 aromatic carbocycles. The fourth-order valence-corrected chi connectivity index (χ4v) is 4.12. The van der Waals surface area contributed by atoms with Crippen molar-refractivity contribution in [2.24, 2.45) is 5.92 Å². The number of nitrogens with one attached hydrogen (secondary N) is 1. The molecule has 1 aliphatic heterocycles. The van der Waals surface area contributed by atoms with Crippen LogP contribution in [0.1, 0.15) is 49.7 Å². The molecule has 1 unspecified atom stereocenters. The molecule has 1 aromatic rings. The van der Waals surface area contributed by atoms with E-state index in [0.29, 0.717) is 0 Å². The van der Waals surface area contributed by atoms with E-state index in [1.54, 1.807) is 11.1 Å². The lowest BCUT2D eigenvalue weighted by molar-refractivity contribution is 0.198. The molecule has 0 radical (unpaired) electrons. The zero-order chi connectivity index (χ0) is 14.5. The molecule has 1 heterocycles. The molecule has 1 fully saturated rings. The predicted molar refractivity (Wildman–Crippen MR) is 89.8 cm³/mol. The van der Waals surface area contributed by atoms with Gasteiger partial charge >= 0.3 is 0 Å². The van der Waals surface area contributed by atoms with Crippen LogP contribution in [0.15, 0.2) is 24.3 Å². The number of hydrogen-bond acceptors (Lipinski definition) is 2. The van der Waals surface area contributed by atoms with Gasteiger partial charge in [-0.15, -0.1) is 0 Å². The minimum Gasteiger partial charge on any atom is -0.317 e. The molecular formula is C19H30N2. The molecule has 1 aliphatic carbocycles. The lowest BCUT2D eigenvalue weighted by atomic mass is 9.82. The largest absolute Gasteiger partial charge is 0.317 e.